The first kappa shape index (κ1) is 22.3. The van der Waals surface area contributed by atoms with Crippen LogP contribution in [0.4, 0.5) is 0 Å². The van der Waals surface area contributed by atoms with Crippen LogP contribution in [0.1, 0.15) is 38.8 Å². The quantitative estimate of drug-likeness (QED) is 0.282. The Kier molecular flexibility index (Phi) is 10.0. The molecule has 0 bridgehead atoms. The third kappa shape index (κ3) is 5.99. The van der Waals surface area contributed by atoms with E-state index in [0.717, 1.165) is 39.3 Å². The molecule has 0 amide bonds. The third-order valence-electron chi connectivity index (χ3n) is 4.98. The second-order valence-electron chi connectivity index (χ2n) is 6.46. The molecule has 142 valence electrons. The van der Waals surface area contributed by atoms with Gasteiger partial charge in [-0.05, 0) is 0 Å². The monoisotopic (exact) mass is 660 g/mol. The molecule has 2 rings (SSSR count). The van der Waals surface area contributed by atoms with Gasteiger partial charge in [0.2, 0.25) is 0 Å². The number of benzene rings is 2. The summed E-state index contributed by atoms with van der Waals surface area (Å²) < 4.78 is 3.31. The summed E-state index contributed by atoms with van der Waals surface area (Å²) in [5, 5.41) is 0. The Morgan fingerprint density at radius 3 is 1.35 bits per heavy atom. The first-order chi connectivity index (χ1) is 12.6. The van der Waals surface area contributed by atoms with Crippen molar-refractivity contribution in [1.29, 1.82) is 0 Å². The Labute approximate surface area is 177 Å². The maximum atomic E-state index is 2.83. The molecule has 4 heteroatoms. The second kappa shape index (κ2) is 11.7. The van der Waals surface area contributed by atoms with Crippen molar-refractivity contribution in [2.24, 2.45) is 0 Å². The molecule has 0 aliphatic heterocycles. The van der Waals surface area contributed by atoms with E-state index in [4.69, 9.17) is 0 Å². The van der Waals surface area contributed by atoms with Crippen LogP contribution in [0.3, 0.4) is 0 Å². The normalized spacial score (nSPS) is 11.7. The van der Waals surface area contributed by atoms with Gasteiger partial charge in [-0.25, -0.2) is 0 Å². The molecule has 2 nitrogen and oxygen atoms in total. The van der Waals surface area contributed by atoms with Crippen molar-refractivity contribution in [3.8, 4) is 0 Å². The van der Waals surface area contributed by atoms with Crippen molar-refractivity contribution in [2.45, 2.75) is 40.8 Å². The van der Waals surface area contributed by atoms with E-state index in [2.05, 4.69) is 104 Å². The van der Waals surface area contributed by atoms with Gasteiger partial charge in [0, 0.05) is 0 Å². The van der Waals surface area contributed by atoms with Gasteiger partial charge in [0.05, 0.1) is 0 Å². The maximum absolute atomic E-state index is 2.83. The molecular weight excluding hydrogens is 628 g/mol. The van der Waals surface area contributed by atoms with Crippen LogP contribution in [-0.4, -0.2) is 53.5 Å². The summed E-state index contributed by atoms with van der Waals surface area (Å²) in [7, 11) is 0. The van der Waals surface area contributed by atoms with Gasteiger partial charge in [-0.15, -0.1) is 0 Å². The van der Waals surface area contributed by atoms with E-state index in [1.807, 2.05) is 0 Å². The predicted molar refractivity (Wildman–Crippen MR) is 125 cm³/mol. The van der Waals surface area contributed by atoms with E-state index < -0.39 is 17.6 Å². The van der Waals surface area contributed by atoms with Gasteiger partial charge < -0.3 is 0 Å². The van der Waals surface area contributed by atoms with Crippen molar-refractivity contribution in [3.63, 3.8) is 0 Å². The van der Waals surface area contributed by atoms with E-state index in [1.165, 1.54) is 0 Å². The number of nitrogens with zero attached hydrogens (tertiary/aromatic N) is 2. The molecule has 0 aliphatic carbocycles. The first-order valence-corrected chi connectivity index (χ1v) is 23.0. The van der Waals surface area contributed by atoms with Gasteiger partial charge in [-0.1, -0.05) is 0 Å². The van der Waals surface area contributed by atoms with Crippen molar-refractivity contribution >= 4 is 42.1 Å². The van der Waals surface area contributed by atoms with Gasteiger partial charge in [0.1, 0.15) is 0 Å². The average Bonchev–Trinajstić information content (AvgIpc) is 2.70. The Morgan fingerprint density at radius 2 is 1.00 bits per heavy atom. The molecule has 0 aliphatic rings. The Bertz CT molecular complexity index is 611. The van der Waals surface area contributed by atoms with Crippen molar-refractivity contribution in [1.82, 2.24) is 9.80 Å². The molecular formula is C22H32BiIN2. The molecule has 26 heavy (non-hydrogen) atoms. The molecule has 0 saturated heterocycles. The van der Waals surface area contributed by atoms with Crippen molar-refractivity contribution in [2.75, 3.05) is 26.2 Å². The van der Waals surface area contributed by atoms with Crippen LogP contribution in [0.15, 0.2) is 48.5 Å². The van der Waals surface area contributed by atoms with Gasteiger partial charge in [0.25, 0.3) is 0 Å². The molecule has 0 atom stereocenters. The SMILES string of the molecule is CCN(CC)Cc1cccc[c]1[Bi]([I])[c]1ccccc1CN(CC)CC. The molecule has 0 spiro atoms. The standard InChI is InChI=1S/2C11H16N.Bi.HI/c2*1-3-12(4-2)10-11-8-6-5-7-9-11;;/h2*5-8H,3-4,10H2,1-2H3;;1H/q;;+1;/p-1. The molecule has 0 heterocycles. The summed E-state index contributed by atoms with van der Waals surface area (Å²) in [5.74, 6) is 0. The van der Waals surface area contributed by atoms with E-state index in [9.17, 15) is 0 Å². The van der Waals surface area contributed by atoms with E-state index in [-0.39, 0.29) is 0 Å². The number of hydrogen-bond donors (Lipinski definition) is 0. The van der Waals surface area contributed by atoms with Crippen LogP contribution in [-0.2, 0) is 13.1 Å². The first-order valence-electron chi connectivity index (χ1n) is 9.70. The predicted octanol–water partition coefficient (Wildman–Crippen LogP) is 3.91. The Hall–Kier alpha value is -0.0269. The van der Waals surface area contributed by atoms with Crippen LogP contribution in [0.5, 0.6) is 0 Å². The van der Waals surface area contributed by atoms with Crippen LogP contribution >= 0.6 is 18.0 Å². The molecule has 0 aromatic heterocycles. The molecule has 0 unspecified atom stereocenters. The third-order valence-corrected chi connectivity index (χ3v) is 20.8. The number of rotatable bonds is 10. The molecule has 2 aromatic carbocycles. The van der Waals surface area contributed by atoms with Crippen molar-refractivity contribution < 1.29 is 0 Å². The molecule has 0 fully saturated rings. The zero-order valence-corrected chi connectivity index (χ0v) is 22.2. The van der Waals surface area contributed by atoms with E-state index >= 15 is 0 Å². The minimum absolute atomic E-state index is 1.08. The summed E-state index contributed by atoms with van der Waals surface area (Å²) in [6.45, 7) is 15.7. The van der Waals surface area contributed by atoms with Crippen LogP contribution in [0.2, 0.25) is 0 Å². The summed E-state index contributed by atoms with van der Waals surface area (Å²) in [5.41, 5.74) is 3.09. The topological polar surface area (TPSA) is 6.48 Å². The fourth-order valence-electron chi connectivity index (χ4n) is 3.18. The van der Waals surface area contributed by atoms with Gasteiger partial charge >= 0.3 is 179 Å². The summed E-state index contributed by atoms with van der Waals surface area (Å²) in [4.78, 5) is 5.05. The minimum atomic E-state index is -2.00. The van der Waals surface area contributed by atoms with Gasteiger partial charge in [-0.3, -0.25) is 0 Å². The number of hydrogen-bond acceptors (Lipinski definition) is 2. The molecule has 0 N–H and O–H groups in total. The van der Waals surface area contributed by atoms with Crippen LogP contribution in [0, 0.1) is 0 Å². The van der Waals surface area contributed by atoms with E-state index in [1.54, 1.807) is 17.7 Å². The van der Waals surface area contributed by atoms with Crippen molar-refractivity contribution in [3.05, 3.63) is 59.7 Å². The fraction of sp³-hybridized carbons (Fsp3) is 0.455. The summed E-state index contributed by atoms with van der Waals surface area (Å²) in [6.07, 6.45) is 0. The fourth-order valence-corrected chi connectivity index (χ4v) is 17.2. The molecule has 2 aromatic rings. The second-order valence-corrected chi connectivity index (χ2v) is 20.9. The zero-order chi connectivity index (χ0) is 18.9. The van der Waals surface area contributed by atoms with Crippen LogP contribution < -0.4 is 6.54 Å². The molecule has 0 saturated carbocycles. The Balaban J connectivity index is 2.34. The van der Waals surface area contributed by atoms with Crippen LogP contribution in [0.25, 0.3) is 0 Å². The number of halogens is 1. The van der Waals surface area contributed by atoms with Gasteiger partial charge in [-0.2, -0.15) is 0 Å². The Morgan fingerprint density at radius 1 is 0.654 bits per heavy atom. The van der Waals surface area contributed by atoms with Gasteiger partial charge in [0.15, 0.2) is 0 Å². The summed E-state index contributed by atoms with van der Waals surface area (Å²) in [6, 6.07) is 18.4. The van der Waals surface area contributed by atoms with E-state index in [0.29, 0.717) is 0 Å². The molecule has 0 radical (unpaired) electrons. The summed E-state index contributed by atoms with van der Waals surface area (Å²) >= 11 is 0.833. The average molecular weight is 660 g/mol. The zero-order valence-electron chi connectivity index (χ0n) is 16.6.